The summed E-state index contributed by atoms with van der Waals surface area (Å²) in [5.41, 5.74) is 2.30. The van der Waals surface area contributed by atoms with Crippen LogP contribution in [-0.4, -0.2) is 50.1 Å². The number of rotatable bonds is 3. The first-order valence-electron chi connectivity index (χ1n) is 11.3. The summed E-state index contributed by atoms with van der Waals surface area (Å²) in [7, 11) is 1.44. The van der Waals surface area contributed by atoms with Gasteiger partial charge < -0.3 is 14.8 Å². The van der Waals surface area contributed by atoms with Gasteiger partial charge in [-0.3, -0.25) is 14.6 Å². The lowest BCUT2D eigenvalue weighted by atomic mass is 9.85. The molecule has 0 unspecified atom stereocenters. The molecule has 2 aliphatic heterocycles. The molecule has 0 aromatic heterocycles. The summed E-state index contributed by atoms with van der Waals surface area (Å²) < 4.78 is 26.8. The van der Waals surface area contributed by atoms with Gasteiger partial charge in [-0.15, -0.1) is 0 Å². The number of ether oxygens (including phenoxy) is 2. The van der Waals surface area contributed by atoms with E-state index in [2.05, 4.69) is 10.2 Å². The Bertz CT molecular complexity index is 1200. The van der Waals surface area contributed by atoms with Crippen molar-refractivity contribution < 1.29 is 23.5 Å². The third-order valence-electron chi connectivity index (χ3n) is 6.96. The number of aryl methyl sites for hydroxylation is 1. The highest BCUT2D eigenvalue weighted by Crippen LogP contribution is 2.46. The van der Waals surface area contributed by atoms with Gasteiger partial charge in [-0.1, -0.05) is 6.07 Å². The van der Waals surface area contributed by atoms with Crippen molar-refractivity contribution in [1.82, 2.24) is 5.32 Å². The number of anilines is 2. The highest BCUT2D eigenvalue weighted by atomic mass is 19.1. The van der Waals surface area contributed by atoms with Crippen LogP contribution >= 0.6 is 0 Å². The van der Waals surface area contributed by atoms with E-state index in [9.17, 15) is 14.0 Å². The predicted molar refractivity (Wildman–Crippen MR) is 124 cm³/mol. The van der Waals surface area contributed by atoms with Gasteiger partial charge in [0.05, 0.1) is 37.4 Å². The van der Waals surface area contributed by atoms with Crippen molar-refractivity contribution in [1.29, 1.82) is 0 Å². The maximum absolute atomic E-state index is 14.9. The van der Waals surface area contributed by atoms with Gasteiger partial charge >= 0.3 is 6.03 Å². The van der Waals surface area contributed by atoms with Crippen LogP contribution in [0.5, 0.6) is 0 Å². The van der Waals surface area contributed by atoms with Crippen LogP contribution < -0.4 is 15.1 Å². The quantitative estimate of drug-likeness (QED) is 0.693. The summed E-state index contributed by atoms with van der Waals surface area (Å²) in [6.07, 6.45) is 1.75. The number of nitrogens with zero attached hydrogens (tertiary/aromatic N) is 3. The van der Waals surface area contributed by atoms with E-state index < -0.39 is 17.5 Å². The fourth-order valence-corrected chi connectivity index (χ4v) is 5.33. The number of halogens is 1. The topological polar surface area (TPSA) is 75.5 Å². The van der Waals surface area contributed by atoms with E-state index in [1.165, 1.54) is 19.2 Å². The van der Waals surface area contributed by atoms with Crippen molar-refractivity contribution in [3.63, 3.8) is 0 Å². The maximum Gasteiger partial charge on any atom is 0.329 e. The van der Waals surface area contributed by atoms with Crippen molar-refractivity contribution in [3.05, 3.63) is 64.8 Å². The standard InChI is InChI=1S/C25H25FN4O4/c1-15-12-16(5-7-20(15)27-2)29-21-8-9-25(33-10-11-34-25)14-22(21)30(24(29)32)17-4-6-18(19(26)13-17)23(31)28-3/h4-7,12-13,21-22H,8-11,14H2,1,3H3,(H,28,31)/t21-,22+/m1/s1. The van der Waals surface area contributed by atoms with Crippen LogP contribution in [0.15, 0.2) is 36.4 Å². The first-order chi connectivity index (χ1) is 16.4. The Labute approximate surface area is 197 Å². The van der Waals surface area contributed by atoms with Crippen LogP contribution in [0.3, 0.4) is 0 Å². The molecule has 5 rings (SSSR count). The van der Waals surface area contributed by atoms with Crippen molar-refractivity contribution in [2.24, 2.45) is 0 Å². The van der Waals surface area contributed by atoms with Gasteiger partial charge in [0, 0.05) is 31.3 Å². The van der Waals surface area contributed by atoms with E-state index in [1.54, 1.807) is 28.0 Å². The number of benzene rings is 2. The second-order valence-corrected chi connectivity index (χ2v) is 8.83. The predicted octanol–water partition coefficient (Wildman–Crippen LogP) is 4.16. The Morgan fingerprint density at radius 3 is 2.47 bits per heavy atom. The molecule has 2 saturated heterocycles. The van der Waals surface area contributed by atoms with Crippen molar-refractivity contribution in [2.75, 3.05) is 30.1 Å². The molecular formula is C25H25FN4O4. The van der Waals surface area contributed by atoms with Gasteiger partial charge in [0.2, 0.25) is 0 Å². The minimum absolute atomic E-state index is 0.0840. The van der Waals surface area contributed by atoms with E-state index in [0.717, 1.165) is 5.56 Å². The van der Waals surface area contributed by atoms with E-state index in [1.807, 2.05) is 13.0 Å². The lowest BCUT2D eigenvalue weighted by molar-refractivity contribution is -0.180. The number of fused-ring (bicyclic) bond motifs is 1. The molecule has 1 aliphatic carbocycles. The number of urea groups is 1. The van der Waals surface area contributed by atoms with Crippen molar-refractivity contribution >= 4 is 29.0 Å². The van der Waals surface area contributed by atoms with Gasteiger partial charge in [0.25, 0.3) is 5.91 Å². The molecule has 2 atom stereocenters. The van der Waals surface area contributed by atoms with Crippen molar-refractivity contribution in [2.45, 2.75) is 44.1 Å². The molecule has 3 amide bonds. The van der Waals surface area contributed by atoms with Crippen LogP contribution in [0.2, 0.25) is 0 Å². The zero-order valence-electron chi connectivity index (χ0n) is 19.0. The Balaban J connectivity index is 1.56. The van der Waals surface area contributed by atoms with Gasteiger partial charge in [-0.2, -0.15) is 0 Å². The maximum atomic E-state index is 14.9. The fraction of sp³-hybridized carbons (Fsp3) is 0.400. The Hall–Kier alpha value is -3.48. The molecule has 1 spiro atoms. The zero-order chi connectivity index (χ0) is 24.0. The Kier molecular flexibility index (Phi) is 5.50. The molecule has 3 aliphatic rings. The molecule has 2 heterocycles. The molecule has 8 nitrogen and oxygen atoms in total. The van der Waals surface area contributed by atoms with Gasteiger partial charge in [-0.05, 0) is 49.2 Å². The lowest BCUT2D eigenvalue weighted by Crippen LogP contribution is -2.50. The average molecular weight is 464 g/mol. The number of hydrogen-bond donors (Lipinski definition) is 1. The third-order valence-corrected chi connectivity index (χ3v) is 6.96. The largest absolute Gasteiger partial charge is 0.355 e. The van der Waals surface area contributed by atoms with Gasteiger partial charge in [-0.25, -0.2) is 14.0 Å². The Morgan fingerprint density at radius 2 is 1.82 bits per heavy atom. The van der Waals surface area contributed by atoms with Crippen LogP contribution in [0, 0.1) is 19.3 Å². The Morgan fingerprint density at radius 1 is 1.15 bits per heavy atom. The van der Waals surface area contributed by atoms with Gasteiger partial charge in [0.15, 0.2) is 11.5 Å². The normalized spacial score (nSPS) is 23.2. The number of carbonyl (C=O) groups is 2. The second kappa shape index (κ2) is 8.38. The molecule has 1 N–H and O–H groups in total. The molecule has 34 heavy (non-hydrogen) atoms. The van der Waals surface area contributed by atoms with E-state index in [-0.39, 0.29) is 23.7 Å². The minimum Gasteiger partial charge on any atom is -0.355 e. The molecule has 0 radical (unpaired) electrons. The molecule has 0 bridgehead atoms. The second-order valence-electron chi connectivity index (χ2n) is 8.83. The molecule has 2 aromatic carbocycles. The smallest absolute Gasteiger partial charge is 0.329 e. The number of nitrogens with one attached hydrogen (secondary N) is 1. The van der Waals surface area contributed by atoms with E-state index >= 15 is 0 Å². The van der Waals surface area contributed by atoms with Crippen molar-refractivity contribution in [3.8, 4) is 0 Å². The van der Waals surface area contributed by atoms with Crippen LogP contribution in [-0.2, 0) is 9.47 Å². The first kappa shape index (κ1) is 22.3. The highest BCUT2D eigenvalue weighted by molar-refractivity contribution is 6.08. The number of amides is 3. The molecule has 1 saturated carbocycles. The summed E-state index contributed by atoms with van der Waals surface area (Å²) in [6, 6.07) is 8.78. The summed E-state index contributed by atoms with van der Waals surface area (Å²) in [6.45, 7) is 10.2. The zero-order valence-corrected chi connectivity index (χ0v) is 19.0. The lowest BCUT2D eigenvalue weighted by Gasteiger charge is -2.41. The van der Waals surface area contributed by atoms with Crippen LogP contribution in [0.4, 0.5) is 26.2 Å². The summed E-state index contributed by atoms with van der Waals surface area (Å²) in [5, 5.41) is 2.42. The molecular weight excluding hydrogens is 439 g/mol. The number of carbonyl (C=O) groups excluding carboxylic acids is 2. The average Bonchev–Trinajstić information content (AvgIpc) is 3.39. The highest BCUT2D eigenvalue weighted by Gasteiger charge is 2.55. The fourth-order valence-electron chi connectivity index (χ4n) is 5.33. The van der Waals surface area contributed by atoms with E-state index in [0.29, 0.717) is 49.5 Å². The third kappa shape index (κ3) is 3.50. The monoisotopic (exact) mass is 464 g/mol. The molecule has 3 fully saturated rings. The first-order valence-corrected chi connectivity index (χ1v) is 11.3. The van der Waals surface area contributed by atoms with Crippen LogP contribution in [0.25, 0.3) is 4.85 Å². The molecule has 176 valence electrons. The van der Waals surface area contributed by atoms with Crippen LogP contribution in [0.1, 0.15) is 35.2 Å². The molecule has 9 heteroatoms. The SMILES string of the molecule is [C-]#[N+]c1ccc(N2C(=O)N(c3ccc(C(=O)NC)c(F)c3)[C@H]3CC4(CC[C@H]32)OCCO4)cc1C. The van der Waals surface area contributed by atoms with E-state index in [4.69, 9.17) is 16.0 Å². The summed E-state index contributed by atoms with van der Waals surface area (Å²) in [4.78, 5) is 32.6. The minimum atomic E-state index is -0.750. The molecule has 2 aromatic rings. The summed E-state index contributed by atoms with van der Waals surface area (Å²) >= 11 is 0. The van der Waals surface area contributed by atoms with Gasteiger partial charge in [0.1, 0.15) is 5.82 Å². The summed E-state index contributed by atoms with van der Waals surface area (Å²) in [5.74, 6) is -1.98. The number of hydrogen-bond acceptors (Lipinski definition) is 4.